The van der Waals surface area contributed by atoms with Gasteiger partial charge in [0.1, 0.15) is 12.4 Å². The fourth-order valence-corrected chi connectivity index (χ4v) is 3.39. The summed E-state index contributed by atoms with van der Waals surface area (Å²) >= 11 is 0. The number of hydrogen-bond acceptors (Lipinski definition) is 4. The molecule has 1 aromatic heterocycles. The van der Waals surface area contributed by atoms with Crippen molar-refractivity contribution in [3.05, 3.63) is 59.5 Å². The molecule has 0 bridgehead atoms. The summed E-state index contributed by atoms with van der Waals surface area (Å²) in [5.74, 6) is 1.05. The van der Waals surface area contributed by atoms with E-state index >= 15 is 0 Å². The van der Waals surface area contributed by atoms with Gasteiger partial charge < -0.3 is 14.1 Å². The standard InChI is InChI=1S/C20H26N2O3/c1-16-13-21(14-17-7-4-3-5-8-17)11-6-12-22(16)20(23)19-10-9-18(25-19)15-24-2/h3-5,7-10,16H,6,11-15H2,1-2H3. The van der Waals surface area contributed by atoms with E-state index in [0.717, 1.165) is 32.6 Å². The van der Waals surface area contributed by atoms with Crippen LogP contribution in [0, 0.1) is 0 Å². The van der Waals surface area contributed by atoms with Crippen LogP contribution in [-0.4, -0.2) is 48.5 Å². The molecule has 1 unspecified atom stereocenters. The number of hydrogen-bond donors (Lipinski definition) is 0. The lowest BCUT2D eigenvalue weighted by Gasteiger charge is -2.28. The summed E-state index contributed by atoms with van der Waals surface area (Å²) in [7, 11) is 1.61. The van der Waals surface area contributed by atoms with Crippen LogP contribution in [0.2, 0.25) is 0 Å². The van der Waals surface area contributed by atoms with Gasteiger partial charge in [0.05, 0.1) is 0 Å². The Kier molecular flexibility index (Phi) is 5.89. The highest BCUT2D eigenvalue weighted by Crippen LogP contribution is 2.18. The summed E-state index contributed by atoms with van der Waals surface area (Å²) in [4.78, 5) is 17.2. The Labute approximate surface area is 149 Å². The van der Waals surface area contributed by atoms with Gasteiger partial charge in [-0.05, 0) is 31.0 Å². The van der Waals surface area contributed by atoms with Crippen molar-refractivity contribution in [2.24, 2.45) is 0 Å². The Morgan fingerprint density at radius 2 is 2.00 bits per heavy atom. The third-order valence-electron chi connectivity index (χ3n) is 4.60. The number of rotatable bonds is 5. The first-order chi connectivity index (χ1) is 12.2. The van der Waals surface area contributed by atoms with Crippen molar-refractivity contribution in [3.8, 4) is 0 Å². The molecule has 1 aliphatic heterocycles. The highest BCUT2D eigenvalue weighted by atomic mass is 16.5. The van der Waals surface area contributed by atoms with Gasteiger partial charge in [0.15, 0.2) is 5.76 Å². The normalized spacial score (nSPS) is 19.0. The van der Waals surface area contributed by atoms with Crippen molar-refractivity contribution in [1.29, 1.82) is 0 Å². The molecule has 0 N–H and O–H groups in total. The van der Waals surface area contributed by atoms with E-state index < -0.39 is 0 Å². The van der Waals surface area contributed by atoms with E-state index in [4.69, 9.17) is 9.15 Å². The fraction of sp³-hybridized carbons (Fsp3) is 0.450. The van der Waals surface area contributed by atoms with Crippen LogP contribution < -0.4 is 0 Å². The molecule has 0 saturated carbocycles. The van der Waals surface area contributed by atoms with E-state index in [1.54, 1.807) is 19.2 Å². The van der Waals surface area contributed by atoms with Gasteiger partial charge in [0, 0.05) is 39.3 Å². The molecule has 5 heteroatoms. The SMILES string of the molecule is COCc1ccc(C(=O)N2CCCN(Cc3ccccc3)CC2C)o1. The maximum Gasteiger partial charge on any atom is 0.289 e. The second kappa shape index (κ2) is 8.32. The highest BCUT2D eigenvalue weighted by molar-refractivity contribution is 5.91. The summed E-state index contributed by atoms with van der Waals surface area (Å²) in [5, 5.41) is 0. The maximum atomic E-state index is 12.8. The minimum atomic E-state index is -0.0311. The molecule has 1 amide bonds. The van der Waals surface area contributed by atoms with Crippen molar-refractivity contribution in [1.82, 2.24) is 9.80 Å². The van der Waals surface area contributed by atoms with Gasteiger partial charge in [-0.15, -0.1) is 0 Å². The van der Waals surface area contributed by atoms with Gasteiger partial charge in [0.2, 0.25) is 0 Å². The number of ether oxygens (including phenoxy) is 1. The number of amides is 1. The van der Waals surface area contributed by atoms with Crippen molar-refractivity contribution in [2.45, 2.75) is 32.5 Å². The molecule has 2 aromatic rings. The zero-order valence-corrected chi connectivity index (χ0v) is 15.0. The number of carbonyl (C=O) groups excluding carboxylic acids is 1. The van der Waals surface area contributed by atoms with Gasteiger partial charge >= 0.3 is 0 Å². The minimum absolute atomic E-state index is 0.0311. The number of benzene rings is 1. The van der Waals surface area contributed by atoms with Crippen LogP contribution in [-0.2, 0) is 17.9 Å². The zero-order chi connectivity index (χ0) is 17.6. The van der Waals surface area contributed by atoms with E-state index in [9.17, 15) is 4.79 Å². The van der Waals surface area contributed by atoms with E-state index in [-0.39, 0.29) is 11.9 Å². The summed E-state index contributed by atoms with van der Waals surface area (Å²) < 4.78 is 10.7. The second-order valence-electron chi connectivity index (χ2n) is 6.62. The topological polar surface area (TPSA) is 45.9 Å². The van der Waals surface area contributed by atoms with Crippen LogP contribution in [0.5, 0.6) is 0 Å². The van der Waals surface area contributed by atoms with Crippen LogP contribution >= 0.6 is 0 Å². The van der Waals surface area contributed by atoms with Crippen molar-refractivity contribution in [2.75, 3.05) is 26.7 Å². The minimum Gasteiger partial charge on any atom is -0.453 e. The lowest BCUT2D eigenvalue weighted by Crippen LogP contribution is -2.42. The zero-order valence-electron chi connectivity index (χ0n) is 15.0. The summed E-state index contributed by atoms with van der Waals surface area (Å²) in [5.41, 5.74) is 1.31. The van der Waals surface area contributed by atoms with Gasteiger partial charge in [-0.1, -0.05) is 30.3 Å². The van der Waals surface area contributed by atoms with Crippen LogP contribution in [0.4, 0.5) is 0 Å². The molecule has 3 rings (SSSR count). The van der Waals surface area contributed by atoms with Crippen LogP contribution in [0.15, 0.2) is 46.9 Å². The van der Waals surface area contributed by atoms with Crippen LogP contribution in [0.3, 0.4) is 0 Å². The quantitative estimate of drug-likeness (QED) is 0.837. The molecule has 134 valence electrons. The molecule has 25 heavy (non-hydrogen) atoms. The first kappa shape index (κ1) is 17.7. The Morgan fingerprint density at radius 1 is 1.20 bits per heavy atom. The third-order valence-corrected chi connectivity index (χ3v) is 4.60. The molecule has 1 aliphatic rings. The van der Waals surface area contributed by atoms with Crippen molar-refractivity contribution >= 4 is 5.91 Å². The van der Waals surface area contributed by atoms with Crippen LogP contribution in [0.25, 0.3) is 0 Å². The molecule has 0 spiro atoms. The van der Waals surface area contributed by atoms with Crippen molar-refractivity contribution in [3.63, 3.8) is 0 Å². The number of furan rings is 1. The third kappa shape index (κ3) is 4.50. The lowest BCUT2D eigenvalue weighted by atomic mass is 10.2. The fourth-order valence-electron chi connectivity index (χ4n) is 3.39. The van der Waals surface area contributed by atoms with Crippen LogP contribution in [0.1, 0.15) is 35.2 Å². The molecule has 0 radical (unpaired) electrons. The summed E-state index contributed by atoms with van der Waals surface area (Å²) in [6.45, 7) is 6.04. The molecule has 1 saturated heterocycles. The second-order valence-corrected chi connectivity index (χ2v) is 6.62. The summed E-state index contributed by atoms with van der Waals surface area (Å²) in [6, 6.07) is 14.2. The van der Waals surface area contributed by atoms with E-state index in [1.807, 2.05) is 11.0 Å². The van der Waals surface area contributed by atoms with Gasteiger partial charge in [-0.2, -0.15) is 0 Å². The molecule has 1 aromatic carbocycles. The van der Waals surface area contributed by atoms with Crippen molar-refractivity contribution < 1.29 is 13.9 Å². The number of methoxy groups -OCH3 is 1. The Morgan fingerprint density at radius 3 is 2.76 bits per heavy atom. The first-order valence-corrected chi connectivity index (χ1v) is 8.82. The molecule has 1 fully saturated rings. The monoisotopic (exact) mass is 342 g/mol. The van der Waals surface area contributed by atoms with Gasteiger partial charge in [-0.3, -0.25) is 9.69 Å². The summed E-state index contributed by atoms with van der Waals surface area (Å²) in [6.07, 6.45) is 0.967. The molecule has 5 nitrogen and oxygen atoms in total. The molecule has 0 aliphatic carbocycles. The Bertz CT molecular complexity index is 683. The predicted octanol–water partition coefficient (Wildman–Crippen LogP) is 3.16. The first-order valence-electron chi connectivity index (χ1n) is 8.82. The van der Waals surface area contributed by atoms with E-state index in [2.05, 4.69) is 36.1 Å². The average Bonchev–Trinajstić information content (AvgIpc) is 3.00. The smallest absolute Gasteiger partial charge is 0.289 e. The molecule has 1 atom stereocenters. The van der Waals surface area contributed by atoms with Gasteiger partial charge in [0.25, 0.3) is 5.91 Å². The predicted molar refractivity (Wildman–Crippen MR) is 96.3 cm³/mol. The van der Waals surface area contributed by atoms with E-state index in [0.29, 0.717) is 18.1 Å². The number of carbonyl (C=O) groups is 1. The Hall–Kier alpha value is -2.11. The molecular formula is C20H26N2O3. The Balaban J connectivity index is 1.64. The molecular weight excluding hydrogens is 316 g/mol. The average molecular weight is 342 g/mol. The number of nitrogens with zero attached hydrogens (tertiary/aromatic N) is 2. The lowest BCUT2D eigenvalue weighted by molar-refractivity contribution is 0.0652. The highest BCUT2D eigenvalue weighted by Gasteiger charge is 2.27. The largest absolute Gasteiger partial charge is 0.453 e. The van der Waals surface area contributed by atoms with E-state index in [1.165, 1.54) is 5.56 Å². The molecule has 2 heterocycles. The maximum absolute atomic E-state index is 12.8. The van der Waals surface area contributed by atoms with Gasteiger partial charge in [-0.25, -0.2) is 0 Å².